The van der Waals surface area contributed by atoms with Crippen LogP contribution in [-0.4, -0.2) is 37.1 Å². The fraction of sp³-hybridized carbons (Fsp3) is 1.00. The lowest BCUT2D eigenvalue weighted by Crippen LogP contribution is -2.47. The number of likely N-dealkylation sites (tertiary alicyclic amines) is 1. The molecular weight excluding hydrogens is 172 g/mol. The average Bonchev–Trinajstić information content (AvgIpc) is 2.30. The van der Waals surface area contributed by atoms with Crippen molar-refractivity contribution in [3.8, 4) is 0 Å². The Bertz CT molecular complexity index is 164. The molecule has 2 heterocycles. The molecule has 1 atom stereocenters. The zero-order valence-corrected chi connectivity index (χ0v) is 9.47. The number of hydrogen-bond acceptors (Lipinski definition) is 2. The number of nitrogens with zero attached hydrogens (tertiary/aromatic N) is 1. The molecule has 1 N–H and O–H groups in total. The highest BCUT2D eigenvalue weighted by atomic mass is 15.2. The summed E-state index contributed by atoms with van der Waals surface area (Å²) >= 11 is 0. The minimum Gasteiger partial charge on any atom is -0.317 e. The van der Waals surface area contributed by atoms with Crippen LogP contribution in [-0.2, 0) is 0 Å². The molecule has 2 aliphatic heterocycles. The first-order valence-electron chi connectivity index (χ1n) is 6.35. The third kappa shape index (κ3) is 2.48. The molecule has 0 saturated carbocycles. The Hall–Kier alpha value is -0.0800. The predicted octanol–water partition coefficient (Wildman–Crippen LogP) is 1.86. The Kier molecular flexibility index (Phi) is 3.82. The van der Waals surface area contributed by atoms with Crippen LogP contribution in [0.15, 0.2) is 0 Å². The SMILES string of the molecule is CCC1CCCN(C2CCNCC2)C1. The largest absolute Gasteiger partial charge is 0.317 e. The van der Waals surface area contributed by atoms with Gasteiger partial charge in [-0.1, -0.05) is 13.3 Å². The van der Waals surface area contributed by atoms with Gasteiger partial charge >= 0.3 is 0 Å². The van der Waals surface area contributed by atoms with E-state index in [2.05, 4.69) is 17.1 Å². The van der Waals surface area contributed by atoms with Gasteiger partial charge in [0, 0.05) is 12.6 Å². The summed E-state index contributed by atoms with van der Waals surface area (Å²) in [5, 5.41) is 3.45. The van der Waals surface area contributed by atoms with Gasteiger partial charge in [-0.3, -0.25) is 0 Å². The fourth-order valence-electron chi connectivity index (χ4n) is 2.93. The molecule has 1 unspecified atom stereocenters. The zero-order valence-electron chi connectivity index (χ0n) is 9.47. The topological polar surface area (TPSA) is 15.3 Å². The first kappa shape index (κ1) is 10.4. The third-order valence-electron chi connectivity index (χ3n) is 3.95. The Labute approximate surface area is 88.1 Å². The van der Waals surface area contributed by atoms with E-state index in [1.54, 1.807) is 0 Å². The number of nitrogens with one attached hydrogen (secondary N) is 1. The molecule has 2 saturated heterocycles. The lowest BCUT2D eigenvalue weighted by molar-refractivity contribution is 0.101. The average molecular weight is 196 g/mol. The monoisotopic (exact) mass is 196 g/mol. The van der Waals surface area contributed by atoms with Crippen LogP contribution in [0.5, 0.6) is 0 Å². The predicted molar refractivity (Wildman–Crippen MR) is 60.5 cm³/mol. The van der Waals surface area contributed by atoms with Gasteiger partial charge in [-0.15, -0.1) is 0 Å². The molecule has 0 spiro atoms. The van der Waals surface area contributed by atoms with Crippen LogP contribution in [0.4, 0.5) is 0 Å². The maximum atomic E-state index is 3.45. The van der Waals surface area contributed by atoms with Crippen LogP contribution in [0, 0.1) is 5.92 Å². The van der Waals surface area contributed by atoms with E-state index in [1.165, 1.54) is 58.3 Å². The van der Waals surface area contributed by atoms with Crippen LogP contribution in [0.1, 0.15) is 39.0 Å². The highest BCUT2D eigenvalue weighted by molar-refractivity contribution is 4.82. The Balaban J connectivity index is 1.83. The van der Waals surface area contributed by atoms with Gasteiger partial charge in [0.05, 0.1) is 0 Å². The zero-order chi connectivity index (χ0) is 9.80. The quantitative estimate of drug-likeness (QED) is 0.725. The first-order chi connectivity index (χ1) is 6.90. The van der Waals surface area contributed by atoms with Crippen molar-refractivity contribution in [2.75, 3.05) is 26.2 Å². The third-order valence-corrected chi connectivity index (χ3v) is 3.95. The van der Waals surface area contributed by atoms with Crippen molar-refractivity contribution in [3.63, 3.8) is 0 Å². The second kappa shape index (κ2) is 5.13. The molecule has 2 nitrogen and oxygen atoms in total. The molecule has 14 heavy (non-hydrogen) atoms. The number of rotatable bonds is 2. The van der Waals surface area contributed by atoms with Gasteiger partial charge < -0.3 is 10.2 Å². The standard InChI is InChI=1S/C12H24N2/c1-2-11-4-3-9-14(10-11)12-5-7-13-8-6-12/h11-13H,2-10H2,1H3. The normalized spacial score (nSPS) is 31.9. The first-order valence-corrected chi connectivity index (χ1v) is 6.35. The molecule has 82 valence electrons. The lowest BCUT2D eigenvalue weighted by Gasteiger charge is -2.40. The van der Waals surface area contributed by atoms with Gasteiger partial charge in [0.25, 0.3) is 0 Å². The van der Waals surface area contributed by atoms with Crippen LogP contribution >= 0.6 is 0 Å². The van der Waals surface area contributed by atoms with Crippen molar-refractivity contribution in [3.05, 3.63) is 0 Å². The molecular formula is C12H24N2. The molecule has 2 rings (SSSR count). The molecule has 0 aromatic heterocycles. The molecule has 2 aliphatic rings. The highest BCUT2D eigenvalue weighted by Gasteiger charge is 2.25. The number of hydrogen-bond donors (Lipinski definition) is 1. The van der Waals surface area contributed by atoms with Crippen molar-refractivity contribution < 1.29 is 0 Å². The molecule has 2 fully saturated rings. The summed E-state index contributed by atoms with van der Waals surface area (Å²) in [6.07, 6.45) is 7.02. The van der Waals surface area contributed by atoms with Gasteiger partial charge in [-0.05, 0) is 51.2 Å². The van der Waals surface area contributed by atoms with Crippen molar-refractivity contribution >= 4 is 0 Å². The van der Waals surface area contributed by atoms with Gasteiger partial charge in [-0.2, -0.15) is 0 Å². The van der Waals surface area contributed by atoms with Gasteiger partial charge in [-0.25, -0.2) is 0 Å². The van der Waals surface area contributed by atoms with E-state index in [1.807, 2.05) is 0 Å². The Morgan fingerprint density at radius 1 is 1.21 bits per heavy atom. The molecule has 0 bridgehead atoms. The molecule has 2 heteroatoms. The fourth-order valence-corrected chi connectivity index (χ4v) is 2.93. The van der Waals surface area contributed by atoms with Crippen molar-refractivity contribution in [2.45, 2.75) is 45.1 Å². The smallest absolute Gasteiger partial charge is 0.0119 e. The maximum Gasteiger partial charge on any atom is 0.0119 e. The van der Waals surface area contributed by atoms with Gasteiger partial charge in [0.1, 0.15) is 0 Å². The summed E-state index contributed by atoms with van der Waals surface area (Å²) < 4.78 is 0. The van der Waals surface area contributed by atoms with Gasteiger partial charge in [0.2, 0.25) is 0 Å². The van der Waals surface area contributed by atoms with Crippen LogP contribution in [0.25, 0.3) is 0 Å². The van der Waals surface area contributed by atoms with Crippen molar-refractivity contribution in [2.24, 2.45) is 5.92 Å². The molecule has 0 radical (unpaired) electrons. The lowest BCUT2D eigenvalue weighted by atomic mass is 9.92. The summed E-state index contributed by atoms with van der Waals surface area (Å²) in [4.78, 5) is 2.76. The second-order valence-electron chi connectivity index (χ2n) is 4.89. The van der Waals surface area contributed by atoms with E-state index < -0.39 is 0 Å². The minimum absolute atomic E-state index is 0.894. The van der Waals surface area contributed by atoms with Crippen LogP contribution < -0.4 is 5.32 Å². The summed E-state index contributed by atoms with van der Waals surface area (Å²) in [5.41, 5.74) is 0. The van der Waals surface area contributed by atoms with E-state index >= 15 is 0 Å². The Morgan fingerprint density at radius 3 is 2.71 bits per heavy atom. The molecule has 0 aliphatic carbocycles. The summed E-state index contributed by atoms with van der Waals surface area (Å²) in [7, 11) is 0. The highest BCUT2D eigenvalue weighted by Crippen LogP contribution is 2.23. The van der Waals surface area contributed by atoms with Crippen LogP contribution in [0.3, 0.4) is 0 Å². The van der Waals surface area contributed by atoms with E-state index in [9.17, 15) is 0 Å². The molecule has 0 aromatic rings. The molecule has 0 amide bonds. The van der Waals surface area contributed by atoms with E-state index in [-0.39, 0.29) is 0 Å². The van der Waals surface area contributed by atoms with Crippen molar-refractivity contribution in [1.29, 1.82) is 0 Å². The summed E-state index contributed by atoms with van der Waals surface area (Å²) in [6, 6.07) is 0.894. The van der Waals surface area contributed by atoms with Gasteiger partial charge in [0.15, 0.2) is 0 Å². The van der Waals surface area contributed by atoms with Crippen molar-refractivity contribution in [1.82, 2.24) is 10.2 Å². The summed E-state index contributed by atoms with van der Waals surface area (Å²) in [5.74, 6) is 0.985. The maximum absolute atomic E-state index is 3.45. The Morgan fingerprint density at radius 2 is 2.00 bits per heavy atom. The molecule has 0 aromatic carbocycles. The summed E-state index contributed by atoms with van der Waals surface area (Å²) in [6.45, 7) is 7.55. The van der Waals surface area contributed by atoms with E-state index in [4.69, 9.17) is 0 Å². The second-order valence-corrected chi connectivity index (χ2v) is 4.89. The van der Waals surface area contributed by atoms with E-state index in [0.717, 1.165) is 12.0 Å². The minimum atomic E-state index is 0.894. The number of piperidine rings is 2. The van der Waals surface area contributed by atoms with E-state index in [0.29, 0.717) is 0 Å². The van der Waals surface area contributed by atoms with Crippen LogP contribution in [0.2, 0.25) is 0 Å².